The molecule has 6 N–H and O–H groups in total. The van der Waals surface area contributed by atoms with Gasteiger partial charge in [-0.1, -0.05) is 0 Å². The number of carbonyl (C=O) groups excluding carboxylic acids is 1. The van der Waals surface area contributed by atoms with Crippen molar-refractivity contribution in [2.75, 3.05) is 23.4 Å². The van der Waals surface area contributed by atoms with Crippen molar-refractivity contribution in [2.45, 2.75) is 11.8 Å². The van der Waals surface area contributed by atoms with Crippen molar-refractivity contribution in [1.82, 2.24) is 0 Å². The Bertz CT molecular complexity index is 1180. The second-order valence-electron chi connectivity index (χ2n) is 5.98. The van der Waals surface area contributed by atoms with Crippen LogP contribution in [0.4, 0.5) is 27.5 Å². The quantitative estimate of drug-likeness (QED) is 0.262. The Morgan fingerprint density at radius 1 is 1.13 bits per heavy atom. The molecule has 0 aliphatic heterocycles. The molecule has 0 fully saturated rings. The molecule has 0 radical (unpaired) electrons. The van der Waals surface area contributed by atoms with Gasteiger partial charge >= 0.3 is 16.4 Å². The number of aryl methyl sites for hydroxylation is 1. The van der Waals surface area contributed by atoms with E-state index in [9.17, 15) is 21.6 Å². The molecule has 0 aromatic heterocycles. The number of sulfone groups is 1. The number of azo groups is 1. The summed E-state index contributed by atoms with van der Waals surface area (Å²) < 4.78 is 57.8. The third-order valence-electron chi connectivity index (χ3n) is 3.70. The highest BCUT2D eigenvalue weighted by Crippen LogP contribution is 2.31. The number of hydrogen-bond donors (Lipinski definition) is 4. The fourth-order valence-corrected chi connectivity index (χ4v) is 3.71. The summed E-state index contributed by atoms with van der Waals surface area (Å²) in [6.45, 7) is 1.02. The molecule has 30 heavy (non-hydrogen) atoms. The van der Waals surface area contributed by atoms with Crippen LogP contribution in [0.2, 0.25) is 0 Å². The predicted molar refractivity (Wildman–Crippen MR) is 109 cm³/mol. The molecule has 162 valence electrons. The lowest BCUT2D eigenvalue weighted by Gasteiger charge is -2.09. The summed E-state index contributed by atoms with van der Waals surface area (Å²) >= 11 is 0. The van der Waals surface area contributed by atoms with Gasteiger partial charge in [0.1, 0.15) is 5.69 Å². The minimum atomic E-state index is -4.72. The molecule has 0 heterocycles. The first-order valence-corrected chi connectivity index (χ1v) is 11.2. The second kappa shape index (κ2) is 9.17. The van der Waals surface area contributed by atoms with Gasteiger partial charge in [-0.15, -0.1) is 5.11 Å². The summed E-state index contributed by atoms with van der Waals surface area (Å²) in [6.07, 6.45) is 0. The number of nitrogen functional groups attached to an aromatic ring is 1. The van der Waals surface area contributed by atoms with Gasteiger partial charge in [-0.25, -0.2) is 17.4 Å². The van der Waals surface area contributed by atoms with E-state index in [-0.39, 0.29) is 10.6 Å². The van der Waals surface area contributed by atoms with Gasteiger partial charge in [0.25, 0.3) is 0 Å². The van der Waals surface area contributed by atoms with Crippen molar-refractivity contribution >= 4 is 49.0 Å². The fraction of sp³-hybridized carbons (Fsp3) is 0.188. The monoisotopic (exact) mass is 457 g/mol. The summed E-state index contributed by atoms with van der Waals surface area (Å²) in [7, 11) is -8.57. The molecule has 0 spiro atoms. The molecular weight excluding hydrogens is 438 g/mol. The van der Waals surface area contributed by atoms with Crippen molar-refractivity contribution < 1.29 is 30.4 Å². The molecule has 0 atom stereocenters. The van der Waals surface area contributed by atoms with Crippen LogP contribution in [0, 0.1) is 6.92 Å². The SMILES string of the molecule is Cc1cc(N=Nc2ccc(S(=O)(=O)CCOS(=O)(=O)O)cc2)c(NC(N)=O)cc1N. The third-order valence-corrected chi connectivity index (χ3v) is 5.85. The van der Waals surface area contributed by atoms with Crippen LogP contribution in [0.15, 0.2) is 51.5 Å². The molecular formula is C16H19N5O7S2. The van der Waals surface area contributed by atoms with Crippen molar-refractivity contribution in [2.24, 2.45) is 16.0 Å². The topological polar surface area (TPSA) is 204 Å². The van der Waals surface area contributed by atoms with Crippen molar-refractivity contribution in [3.63, 3.8) is 0 Å². The van der Waals surface area contributed by atoms with E-state index in [0.29, 0.717) is 22.6 Å². The van der Waals surface area contributed by atoms with Crippen LogP contribution in [0.1, 0.15) is 5.56 Å². The molecule has 2 aromatic carbocycles. The number of carbonyl (C=O) groups is 1. The highest BCUT2D eigenvalue weighted by atomic mass is 32.3. The summed E-state index contributed by atoms with van der Waals surface area (Å²) in [4.78, 5) is 11.0. The molecule has 2 aromatic rings. The first kappa shape index (κ1) is 23.2. The highest BCUT2D eigenvalue weighted by molar-refractivity contribution is 7.91. The average Bonchev–Trinajstić information content (AvgIpc) is 2.62. The number of nitrogens with one attached hydrogen (secondary N) is 1. The van der Waals surface area contributed by atoms with Gasteiger partial charge in [0.15, 0.2) is 9.84 Å². The summed E-state index contributed by atoms with van der Waals surface area (Å²) in [5.41, 5.74) is 12.9. The van der Waals surface area contributed by atoms with Crippen LogP contribution in [-0.2, 0) is 24.4 Å². The standard InChI is InChI=1S/C16H19N5O7S2/c1-10-8-15(14(9-13(10)17)19-16(18)22)21-20-11-2-4-12(5-3-11)29(23,24)7-6-28-30(25,26)27/h2-5,8-9H,6-7,17H2,1H3,(H3,18,19,22)(H,25,26,27). The minimum absolute atomic E-state index is 0.0974. The van der Waals surface area contributed by atoms with Gasteiger partial charge in [-0.2, -0.15) is 13.5 Å². The van der Waals surface area contributed by atoms with E-state index < -0.39 is 38.6 Å². The van der Waals surface area contributed by atoms with Crippen molar-refractivity contribution in [3.05, 3.63) is 42.0 Å². The maximum Gasteiger partial charge on any atom is 0.397 e. The molecule has 0 bridgehead atoms. The summed E-state index contributed by atoms with van der Waals surface area (Å²) in [5, 5.41) is 10.4. The number of nitrogens with zero attached hydrogens (tertiary/aromatic N) is 2. The molecule has 0 unspecified atom stereocenters. The first-order chi connectivity index (χ1) is 13.9. The zero-order valence-corrected chi connectivity index (χ0v) is 17.3. The third kappa shape index (κ3) is 6.77. The van der Waals surface area contributed by atoms with Gasteiger partial charge < -0.3 is 16.8 Å². The largest absolute Gasteiger partial charge is 0.398 e. The van der Waals surface area contributed by atoms with Gasteiger partial charge in [0.05, 0.1) is 28.6 Å². The summed E-state index contributed by atoms with van der Waals surface area (Å²) in [6, 6.07) is 7.55. The number of primary amides is 1. The molecule has 2 rings (SSSR count). The number of hydrogen-bond acceptors (Lipinski definition) is 9. The molecule has 0 saturated heterocycles. The predicted octanol–water partition coefficient (Wildman–Crippen LogP) is 2.08. The average molecular weight is 457 g/mol. The normalized spacial score (nSPS) is 12.2. The lowest BCUT2D eigenvalue weighted by Crippen LogP contribution is -2.19. The number of urea groups is 1. The van der Waals surface area contributed by atoms with E-state index >= 15 is 0 Å². The van der Waals surface area contributed by atoms with Crippen LogP contribution in [0.25, 0.3) is 0 Å². The van der Waals surface area contributed by atoms with Gasteiger partial charge in [0.2, 0.25) is 0 Å². The Hall–Kier alpha value is -3.07. The summed E-state index contributed by atoms with van der Waals surface area (Å²) in [5.74, 6) is -0.652. The lowest BCUT2D eigenvalue weighted by molar-refractivity contribution is 0.259. The molecule has 0 saturated carbocycles. The first-order valence-electron chi connectivity index (χ1n) is 8.20. The van der Waals surface area contributed by atoms with E-state index in [1.165, 1.54) is 30.3 Å². The van der Waals surface area contributed by atoms with Crippen molar-refractivity contribution in [3.8, 4) is 0 Å². The Kier molecular flexibility index (Phi) is 7.09. The van der Waals surface area contributed by atoms with Crippen LogP contribution in [-0.4, -0.2) is 39.8 Å². The number of anilines is 2. The van der Waals surface area contributed by atoms with Gasteiger partial charge in [0, 0.05) is 5.69 Å². The lowest BCUT2D eigenvalue weighted by atomic mass is 10.1. The highest BCUT2D eigenvalue weighted by Gasteiger charge is 2.16. The molecule has 0 aliphatic rings. The molecule has 12 nitrogen and oxygen atoms in total. The Morgan fingerprint density at radius 3 is 2.33 bits per heavy atom. The molecule has 2 amide bonds. The Morgan fingerprint density at radius 2 is 1.77 bits per heavy atom. The van der Waals surface area contributed by atoms with E-state index in [4.69, 9.17) is 16.0 Å². The van der Waals surface area contributed by atoms with E-state index in [1.807, 2.05) is 0 Å². The Balaban J connectivity index is 2.19. The number of benzene rings is 2. The zero-order valence-electron chi connectivity index (χ0n) is 15.6. The van der Waals surface area contributed by atoms with Crippen molar-refractivity contribution in [1.29, 1.82) is 0 Å². The van der Waals surface area contributed by atoms with E-state index in [1.54, 1.807) is 13.0 Å². The van der Waals surface area contributed by atoms with Crippen LogP contribution in [0.3, 0.4) is 0 Å². The maximum absolute atomic E-state index is 12.2. The smallest absolute Gasteiger partial charge is 0.397 e. The van der Waals surface area contributed by atoms with Crippen LogP contribution < -0.4 is 16.8 Å². The second-order valence-corrected chi connectivity index (χ2v) is 9.18. The van der Waals surface area contributed by atoms with Crippen LogP contribution >= 0.6 is 0 Å². The van der Waals surface area contributed by atoms with Gasteiger partial charge in [-0.05, 0) is 48.9 Å². The number of amides is 2. The maximum atomic E-state index is 12.2. The Labute approximate surface area is 172 Å². The number of rotatable bonds is 8. The molecule has 0 aliphatic carbocycles. The zero-order chi connectivity index (χ0) is 22.5. The van der Waals surface area contributed by atoms with E-state index in [2.05, 4.69) is 19.7 Å². The fourth-order valence-electron chi connectivity index (χ4n) is 2.22. The minimum Gasteiger partial charge on any atom is -0.398 e. The number of nitrogens with two attached hydrogens (primary N) is 2. The van der Waals surface area contributed by atoms with E-state index in [0.717, 1.165) is 0 Å². The van der Waals surface area contributed by atoms with Gasteiger partial charge in [-0.3, -0.25) is 4.55 Å². The molecule has 14 heteroatoms. The van der Waals surface area contributed by atoms with Crippen LogP contribution in [0.5, 0.6) is 0 Å².